The summed E-state index contributed by atoms with van der Waals surface area (Å²) in [5.74, 6) is 4.27. The zero-order chi connectivity index (χ0) is 13.1. The van der Waals surface area contributed by atoms with Gasteiger partial charge in [-0.05, 0) is 36.4 Å². The molecule has 1 aromatic heterocycles. The summed E-state index contributed by atoms with van der Waals surface area (Å²) in [4.78, 5) is 23.7. The lowest BCUT2D eigenvalue weighted by molar-refractivity contribution is 0.0901. The fourth-order valence-corrected chi connectivity index (χ4v) is 1.81. The fourth-order valence-electron chi connectivity index (χ4n) is 1.55. The lowest BCUT2D eigenvalue weighted by atomic mass is 10.2. The van der Waals surface area contributed by atoms with E-state index in [0.717, 1.165) is 4.47 Å². The van der Waals surface area contributed by atoms with Crippen LogP contribution in [0, 0.1) is 0 Å². The van der Waals surface area contributed by atoms with Gasteiger partial charge in [-0.3, -0.25) is 19.6 Å². The Bertz CT molecular complexity index is 590. The van der Waals surface area contributed by atoms with E-state index in [1.165, 1.54) is 16.8 Å². The number of nitrogen functional groups attached to an aromatic ring is 1. The first kappa shape index (κ1) is 12.5. The van der Waals surface area contributed by atoms with E-state index in [0.29, 0.717) is 5.56 Å². The van der Waals surface area contributed by atoms with Crippen molar-refractivity contribution in [2.75, 3.05) is 0 Å². The number of hydrogen-bond acceptors (Lipinski definition) is 3. The van der Waals surface area contributed by atoms with Crippen LogP contribution in [0.3, 0.4) is 0 Å². The molecule has 0 aliphatic carbocycles. The highest BCUT2D eigenvalue weighted by Gasteiger charge is 2.15. The van der Waals surface area contributed by atoms with Gasteiger partial charge in [0.1, 0.15) is 5.69 Å². The molecule has 0 spiro atoms. The van der Waals surface area contributed by atoms with Gasteiger partial charge in [0, 0.05) is 16.2 Å². The molecule has 6 heteroatoms. The van der Waals surface area contributed by atoms with Gasteiger partial charge in [0.05, 0.1) is 0 Å². The van der Waals surface area contributed by atoms with Crippen LogP contribution in [0.1, 0.15) is 20.8 Å². The van der Waals surface area contributed by atoms with Crippen molar-refractivity contribution in [2.24, 2.45) is 5.84 Å². The molecule has 0 aliphatic heterocycles. The van der Waals surface area contributed by atoms with Gasteiger partial charge < -0.3 is 0 Å². The molecule has 0 saturated carbocycles. The van der Waals surface area contributed by atoms with Crippen molar-refractivity contribution < 1.29 is 9.59 Å². The van der Waals surface area contributed by atoms with Crippen molar-refractivity contribution in [1.82, 2.24) is 9.99 Å². The molecule has 0 aliphatic rings. The summed E-state index contributed by atoms with van der Waals surface area (Å²) in [6, 6.07) is 10.0. The molecule has 0 radical (unpaired) electrons. The molecule has 0 atom stereocenters. The minimum Gasteiger partial charge on any atom is -0.289 e. The Morgan fingerprint density at radius 2 is 1.83 bits per heavy atom. The van der Waals surface area contributed by atoms with Crippen molar-refractivity contribution in [2.45, 2.75) is 0 Å². The number of halogens is 1. The Balaban J connectivity index is 2.37. The highest BCUT2D eigenvalue weighted by atomic mass is 79.9. The first-order chi connectivity index (χ1) is 8.63. The molecule has 2 aromatic rings. The number of carbonyl (C=O) groups excluding carboxylic acids is 2. The molecule has 5 nitrogen and oxygen atoms in total. The summed E-state index contributed by atoms with van der Waals surface area (Å²) in [5.41, 5.74) is 2.69. The van der Waals surface area contributed by atoms with Gasteiger partial charge in [-0.25, -0.2) is 5.84 Å². The Labute approximate surface area is 112 Å². The van der Waals surface area contributed by atoms with Gasteiger partial charge in [-0.2, -0.15) is 0 Å². The van der Waals surface area contributed by atoms with E-state index in [1.807, 2.05) is 5.43 Å². The number of aromatic nitrogens is 1. The van der Waals surface area contributed by atoms with E-state index in [2.05, 4.69) is 15.9 Å². The summed E-state index contributed by atoms with van der Waals surface area (Å²) >= 11 is 3.29. The molecule has 0 fully saturated rings. The summed E-state index contributed by atoms with van der Waals surface area (Å²) in [5, 5.41) is 0. The zero-order valence-electron chi connectivity index (χ0n) is 9.26. The SMILES string of the molecule is NNC(=O)c1cccn1C(=O)c1ccc(Br)cc1. The van der Waals surface area contributed by atoms with Crippen LogP contribution in [-0.2, 0) is 0 Å². The Kier molecular flexibility index (Phi) is 3.59. The zero-order valence-corrected chi connectivity index (χ0v) is 10.8. The molecule has 0 unspecified atom stereocenters. The van der Waals surface area contributed by atoms with E-state index < -0.39 is 5.91 Å². The first-order valence-corrected chi connectivity index (χ1v) is 5.91. The average Bonchev–Trinajstić information content (AvgIpc) is 2.87. The molecule has 1 aromatic carbocycles. The lowest BCUT2D eigenvalue weighted by Crippen LogP contribution is -2.32. The van der Waals surface area contributed by atoms with E-state index in [1.54, 1.807) is 30.3 Å². The van der Waals surface area contributed by atoms with Gasteiger partial charge in [0.15, 0.2) is 0 Å². The smallest absolute Gasteiger partial charge is 0.282 e. The second kappa shape index (κ2) is 5.16. The van der Waals surface area contributed by atoms with Crippen molar-refractivity contribution in [1.29, 1.82) is 0 Å². The Morgan fingerprint density at radius 3 is 2.44 bits per heavy atom. The largest absolute Gasteiger partial charge is 0.289 e. The van der Waals surface area contributed by atoms with Crippen LogP contribution >= 0.6 is 15.9 Å². The van der Waals surface area contributed by atoms with E-state index in [9.17, 15) is 9.59 Å². The molecule has 1 amide bonds. The topological polar surface area (TPSA) is 77.1 Å². The van der Waals surface area contributed by atoms with Crippen molar-refractivity contribution >= 4 is 27.7 Å². The van der Waals surface area contributed by atoms with Crippen LogP contribution in [-0.4, -0.2) is 16.4 Å². The van der Waals surface area contributed by atoms with E-state index in [4.69, 9.17) is 5.84 Å². The third-order valence-corrected chi connectivity index (χ3v) is 2.95. The second-order valence-corrected chi connectivity index (χ2v) is 4.46. The normalized spacial score (nSPS) is 10.1. The molecule has 1 heterocycles. The highest BCUT2D eigenvalue weighted by molar-refractivity contribution is 9.10. The molecule has 92 valence electrons. The van der Waals surface area contributed by atoms with Crippen LogP contribution in [0.4, 0.5) is 0 Å². The third-order valence-electron chi connectivity index (χ3n) is 2.42. The number of nitrogens with two attached hydrogens (primary N) is 1. The van der Waals surface area contributed by atoms with Crippen LogP contribution in [0.25, 0.3) is 0 Å². The number of benzene rings is 1. The van der Waals surface area contributed by atoms with Crippen LogP contribution in [0.15, 0.2) is 47.1 Å². The third kappa shape index (κ3) is 2.34. The van der Waals surface area contributed by atoms with E-state index >= 15 is 0 Å². The summed E-state index contributed by atoms with van der Waals surface area (Å²) in [7, 11) is 0. The maximum Gasteiger partial charge on any atom is 0.282 e. The monoisotopic (exact) mass is 307 g/mol. The first-order valence-electron chi connectivity index (χ1n) is 5.12. The quantitative estimate of drug-likeness (QED) is 0.502. The summed E-state index contributed by atoms with van der Waals surface area (Å²) < 4.78 is 2.14. The average molecular weight is 308 g/mol. The second-order valence-electron chi connectivity index (χ2n) is 3.55. The van der Waals surface area contributed by atoms with Crippen molar-refractivity contribution in [3.63, 3.8) is 0 Å². The van der Waals surface area contributed by atoms with Gasteiger partial charge in [0.25, 0.3) is 11.8 Å². The minimum atomic E-state index is -0.509. The minimum absolute atomic E-state index is 0.199. The highest BCUT2D eigenvalue weighted by Crippen LogP contribution is 2.13. The molecule has 2 rings (SSSR count). The van der Waals surface area contributed by atoms with Gasteiger partial charge >= 0.3 is 0 Å². The van der Waals surface area contributed by atoms with Crippen molar-refractivity contribution in [3.8, 4) is 0 Å². The molecule has 3 N–H and O–H groups in total. The number of nitrogens with one attached hydrogen (secondary N) is 1. The molecular weight excluding hydrogens is 298 g/mol. The van der Waals surface area contributed by atoms with Gasteiger partial charge in [-0.15, -0.1) is 0 Å². The fraction of sp³-hybridized carbons (Fsp3) is 0. The van der Waals surface area contributed by atoms with Crippen LogP contribution in [0.2, 0.25) is 0 Å². The number of hydrogen-bond donors (Lipinski definition) is 2. The maximum atomic E-state index is 12.2. The van der Waals surface area contributed by atoms with Crippen molar-refractivity contribution in [3.05, 3.63) is 58.3 Å². The molecular formula is C12H10BrN3O2. The Hall–Kier alpha value is -1.92. The summed E-state index contributed by atoms with van der Waals surface area (Å²) in [6.07, 6.45) is 1.52. The Morgan fingerprint density at radius 1 is 1.17 bits per heavy atom. The van der Waals surface area contributed by atoms with Gasteiger partial charge in [-0.1, -0.05) is 15.9 Å². The maximum absolute atomic E-state index is 12.2. The number of hydrazine groups is 1. The predicted octanol–water partition coefficient (Wildman–Crippen LogP) is 1.54. The van der Waals surface area contributed by atoms with Crippen LogP contribution < -0.4 is 11.3 Å². The summed E-state index contributed by atoms with van der Waals surface area (Å²) in [6.45, 7) is 0. The molecule has 0 bridgehead atoms. The standard InChI is InChI=1S/C12H10BrN3O2/c13-9-5-3-8(4-6-9)12(18)16-7-1-2-10(16)11(17)15-14/h1-7H,14H2,(H,15,17). The lowest BCUT2D eigenvalue weighted by Gasteiger charge is -2.06. The van der Waals surface area contributed by atoms with Gasteiger partial charge in [0.2, 0.25) is 0 Å². The van der Waals surface area contributed by atoms with E-state index in [-0.39, 0.29) is 11.6 Å². The molecule has 0 saturated heterocycles. The number of amides is 1. The number of carbonyl (C=O) groups is 2. The number of rotatable bonds is 2. The predicted molar refractivity (Wildman–Crippen MR) is 70.0 cm³/mol. The number of nitrogens with zero attached hydrogens (tertiary/aromatic N) is 1. The molecule has 18 heavy (non-hydrogen) atoms. The van der Waals surface area contributed by atoms with Crippen LogP contribution in [0.5, 0.6) is 0 Å².